The highest BCUT2D eigenvalue weighted by Gasteiger charge is 2.47. The Bertz CT molecular complexity index is 710. The largest absolute Gasteiger partial charge is 0.441 e. The Kier molecular flexibility index (Phi) is 5.50. The first-order valence-corrected chi connectivity index (χ1v) is 10.1. The normalized spacial score (nSPS) is 19.1. The molecule has 2 heterocycles. The lowest BCUT2D eigenvalue weighted by Gasteiger charge is -2.37. The number of ether oxygens (including phenoxy) is 1. The highest BCUT2D eigenvalue weighted by molar-refractivity contribution is 5.97. The number of hydrogen-bond acceptors (Lipinski definition) is 3. The van der Waals surface area contributed by atoms with Crippen molar-refractivity contribution in [2.75, 3.05) is 26.2 Å². The van der Waals surface area contributed by atoms with Crippen LogP contribution in [0.3, 0.4) is 0 Å². The maximum atomic E-state index is 13.1. The van der Waals surface area contributed by atoms with Gasteiger partial charge in [-0.25, -0.2) is 4.79 Å². The monoisotopic (exact) mass is 372 g/mol. The van der Waals surface area contributed by atoms with Crippen molar-refractivity contribution in [2.24, 2.45) is 5.92 Å². The van der Waals surface area contributed by atoms with E-state index in [1.807, 2.05) is 23.6 Å². The molecule has 5 heteroatoms. The third-order valence-electron chi connectivity index (χ3n) is 5.87. The van der Waals surface area contributed by atoms with Gasteiger partial charge in [-0.15, -0.1) is 0 Å². The van der Waals surface area contributed by atoms with E-state index in [-0.39, 0.29) is 12.0 Å². The number of carbonyl (C=O) groups is 2. The van der Waals surface area contributed by atoms with Gasteiger partial charge in [0.05, 0.1) is 6.54 Å². The van der Waals surface area contributed by atoms with Gasteiger partial charge in [-0.2, -0.15) is 0 Å². The standard InChI is InChI=1S/C22H32N2O3/c1-15(2)6-9-24-14-22(27-21(24)26)7-10-23(11-8-22)20(25)19-17(4)12-16(3)13-18(19)5/h12-13,15H,6-11,14H2,1-5H3. The maximum absolute atomic E-state index is 13.1. The molecule has 1 aromatic carbocycles. The molecule has 27 heavy (non-hydrogen) atoms. The van der Waals surface area contributed by atoms with Gasteiger partial charge in [0, 0.05) is 38.0 Å². The Morgan fingerprint density at radius 2 is 1.74 bits per heavy atom. The summed E-state index contributed by atoms with van der Waals surface area (Å²) in [4.78, 5) is 29.1. The second-order valence-electron chi connectivity index (χ2n) is 8.72. The Hall–Kier alpha value is -2.04. The van der Waals surface area contributed by atoms with Gasteiger partial charge in [-0.3, -0.25) is 4.79 Å². The molecule has 2 aliphatic rings. The maximum Gasteiger partial charge on any atom is 0.410 e. The molecule has 0 bridgehead atoms. The lowest BCUT2D eigenvalue weighted by Crippen LogP contribution is -2.49. The summed E-state index contributed by atoms with van der Waals surface area (Å²) >= 11 is 0. The van der Waals surface area contributed by atoms with Gasteiger partial charge < -0.3 is 14.5 Å². The first-order valence-electron chi connectivity index (χ1n) is 10.1. The molecule has 0 aromatic heterocycles. The number of amides is 2. The molecule has 3 rings (SSSR count). The molecule has 5 nitrogen and oxygen atoms in total. The van der Waals surface area contributed by atoms with E-state index < -0.39 is 5.60 Å². The summed E-state index contributed by atoms with van der Waals surface area (Å²) in [5, 5.41) is 0. The molecule has 0 saturated carbocycles. The number of likely N-dealkylation sites (tertiary alicyclic amines) is 1. The number of piperidine rings is 1. The van der Waals surface area contributed by atoms with Gasteiger partial charge >= 0.3 is 6.09 Å². The molecule has 0 unspecified atom stereocenters. The van der Waals surface area contributed by atoms with E-state index in [4.69, 9.17) is 4.74 Å². The highest BCUT2D eigenvalue weighted by Crippen LogP contribution is 2.34. The van der Waals surface area contributed by atoms with E-state index in [0.717, 1.165) is 29.7 Å². The van der Waals surface area contributed by atoms with Crippen molar-refractivity contribution in [3.8, 4) is 0 Å². The van der Waals surface area contributed by atoms with Crippen LogP contribution in [-0.2, 0) is 4.74 Å². The van der Waals surface area contributed by atoms with Gasteiger partial charge in [0.2, 0.25) is 0 Å². The van der Waals surface area contributed by atoms with E-state index in [1.165, 1.54) is 5.56 Å². The average molecular weight is 373 g/mol. The highest BCUT2D eigenvalue weighted by atomic mass is 16.6. The summed E-state index contributed by atoms with van der Waals surface area (Å²) in [7, 11) is 0. The number of rotatable bonds is 4. The first kappa shape index (κ1) is 19.7. The van der Waals surface area contributed by atoms with Crippen LogP contribution in [0, 0.1) is 26.7 Å². The summed E-state index contributed by atoms with van der Waals surface area (Å²) in [6.07, 6.45) is 2.22. The van der Waals surface area contributed by atoms with E-state index >= 15 is 0 Å². The fraction of sp³-hybridized carbons (Fsp3) is 0.636. The van der Waals surface area contributed by atoms with Crippen molar-refractivity contribution in [1.82, 2.24) is 9.80 Å². The van der Waals surface area contributed by atoms with Gasteiger partial charge in [0.15, 0.2) is 0 Å². The number of nitrogens with zero attached hydrogens (tertiary/aromatic N) is 2. The molecule has 2 saturated heterocycles. The molecule has 0 radical (unpaired) electrons. The van der Waals surface area contributed by atoms with Crippen LogP contribution >= 0.6 is 0 Å². The molecule has 1 aromatic rings. The van der Waals surface area contributed by atoms with E-state index in [0.29, 0.717) is 38.4 Å². The molecule has 148 valence electrons. The van der Waals surface area contributed by atoms with Gasteiger partial charge in [0.25, 0.3) is 5.91 Å². The molecular weight excluding hydrogens is 340 g/mol. The Morgan fingerprint density at radius 1 is 1.15 bits per heavy atom. The fourth-order valence-electron chi connectivity index (χ4n) is 4.33. The van der Waals surface area contributed by atoms with Gasteiger partial charge in [0.1, 0.15) is 5.60 Å². The molecule has 2 aliphatic heterocycles. The Labute approximate surface area is 162 Å². The first-order chi connectivity index (χ1) is 12.7. The molecule has 2 amide bonds. The number of aryl methyl sites for hydroxylation is 3. The van der Waals surface area contributed by atoms with E-state index in [9.17, 15) is 9.59 Å². The summed E-state index contributed by atoms with van der Waals surface area (Å²) in [5.41, 5.74) is 3.65. The van der Waals surface area contributed by atoms with Crippen LogP contribution in [-0.4, -0.2) is 53.6 Å². The smallest absolute Gasteiger partial charge is 0.410 e. The summed E-state index contributed by atoms with van der Waals surface area (Å²) in [6, 6.07) is 4.13. The molecule has 1 spiro atoms. The predicted octanol–water partition coefficient (Wildman–Crippen LogP) is 4.08. The van der Waals surface area contributed by atoms with Crippen molar-refractivity contribution in [3.63, 3.8) is 0 Å². The van der Waals surface area contributed by atoms with Crippen molar-refractivity contribution >= 4 is 12.0 Å². The quantitative estimate of drug-likeness (QED) is 0.800. The molecular formula is C22H32N2O3. The zero-order chi connectivity index (χ0) is 19.8. The van der Waals surface area contributed by atoms with Crippen LogP contribution in [0.25, 0.3) is 0 Å². The third-order valence-corrected chi connectivity index (χ3v) is 5.87. The zero-order valence-corrected chi connectivity index (χ0v) is 17.3. The number of benzene rings is 1. The van der Waals surface area contributed by atoms with E-state index in [1.54, 1.807) is 0 Å². The van der Waals surface area contributed by atoms with Crippen molar-refractivity contribution in [1.29, 1.82) is 0 Å². The van der Waals surface area contributed by atoms with Gasteiger partial charge in [-0.05, 0) is 44.2 Å². The molecule has 0 aliphatic carbocycles. The minimum Gasteiger partial charge on any atom is -0.441 e. The minimum atomic E-state index is -0.414. The average Bonchev–Trinajstić information content (AvgIpc) is 2.88. The number of carbonyl (C=O) groups excluding carboxylic acids is 2. The van der Waals surface area contributed by atoms with Crippen LogP contribution in [0.2, 0.25) is 0 Å². The van der Waals surface area contributed by atoms with Crippen LogP contribution in [0.15, 0.2) is 12.1 Å². The molecule has 0 atom stereocenters. The number of hydrogen-bond donors (Lipinski definition) is 0. The summed E-state index contributed by atoms with van der Waals surface area (Å²) < 4.78 is 5.78. The summed E-state index contributed by atoms with van der Waals surface area (Å²) in [5.74, 6) is 0.663. The van der Waals surface area contributed by atoms with Crippen molar-refractivity contribution in [2.45, 2.75) is 59.5 Å². The van der Waals surface area contributed by atoms with Crippen LogP contribution in [0.5, 0.6) is 0 Å². The topological polar surface area (TPSA) is 49.9 Å². The fourth-order valence-corrected chi connectivity index (χ4v) is 4.33. The predicted molar refractivity (Wildman–Crippen MR) is 106 cm³/mol. The second-order valence-corrected chi connectivity index (χ2v) is 8.72. The Morgan fingerprint density at radius 3 is 2.30 bits per heavy atom. The minimum absolute atomic E-state index is 0.0980. The second kappa shape index (κ2) is 7.53. The van der Waals surface area contributed by atoms with Crippen molar-refractivity contribution < 1.29 is 14.3 Å². The SMILES string of the molecule is Cc1cc(C)c(C(=O)N2CCC3(CC2)CN(CCC(C)C)C(=O)O3)c(C)c1. The lowest BCUT2D eigenvalue weighted by molar-refractivity contribution is 0.00310. The molecule has 2 fully saturated rings. The van der Waals surface area contributed by atoms with Gasteiger partial charge in [-0.1, -0.05) is 31.5 Å². The van der Waals surface area contributed by atoms with E-state index in [2.05, 4.69) is 32.9 Å². The zero-order valence-electron chi connectivity index (χ0n) is 17.3. The lowest BCUT2D eigenvalue weighted by atomic mass is 9.90. The summed E-state index contributed by atoms with van der Waals surface area (Å²) in [6.45, 7) is 13.1. The third kappa shape index (κ3) is 4.12. The Balaban J connectivity index is 1.64. The van der Waals surface area contributed by atoms with Crippen LogP contribution < -0.4 is 0 Å². The molecule has 0 N–H and O–H groups in total. The van der Waals surface area contributed by atoms with Crippen LogP contribution in [0.1, 0.15) is 60.2 Å². The van der Waals surface area contributed by atoms with Crippen molar-refractivity contribution in [3.05, 3.63) is 34.4 Å². The van der Waals surface area contributed by atoms with Crippen LogP contribution in [0.4, 0.5) is 4.79 Å².